The maximum Gasteiger partial charge on any atom is 0.240 e. The van der Waals surface area contributed by atoms with Crippen LogP contribution in [0.2, 0.25) is 0 Å². The summed E-state index contributed by atoms with van der Waals surface area (Å²) in [6.07, 6.45) is 1.34. The molecule has 2 aromatic rings. The number of hydrogen-bond acceptors (Lipinski definition) is 7. The molecule has 9 nitrogen and oxygen atoms in total. The largest absolute Gasteiger partial charge is 0.868 e. The van der Waals surface area contributed by atoms with Gasteiger partial charge in [-0.25, -0.2) is 0 Å². The summed E-state index contributed by atoms with van der Waals surface area (Å²) in [5.74, 6) is -1.12. The first-order chi connectivity index (χ1) is 14.8. The van der Waals surface area contributed by atoms with Crippen LogP contribution in [0.15, 0.2) is 46.3 Å². The van der Waals surface area contributed by atoms with Gasteiger partial charge in [0.05, 0.1) is 60.8 Å². The van der Waals surface area contributed by atoms with E-state index in [1.165, 1.54) is 38.6 Å². The first-order valence-corrected chi connectivity index (χ1v) is 9.73. The van der Waals surface area contributed by atoms with Gasteiger partial charge in [-0.2, -0.15) is 0 Å². The van der Waals surface area contributed by atoms with Crippen molar-refractivity contribution in [3.63, 3.8) is 0 Å². The Morgan fingerprint density at radius 2 is 1.81 bits per heavy atom. The molecule has 1 aromatic heterocycles. The summed E-state index contributed by atoms with van der Waals surface area (Å²) in [6, 6.07) is 5.39. The topological polar surface area (TPSA) is 106 Å². The number of benzene rings is 1. The van der Waals surface area contributed by atoms with Crippen molar-refractivity contribution < 1.29 is 38.2 Å². The summed E-state index contributed by atoms with van der Waals surface area (Å²) < 4.78 is 21.4. The number of nitrogens with one attached hydrogen (secondary N) is 1. The second-order valence-electron chi connectivity index (χ2n) is 7.37. The number of ketones is 1. The minimum atomic E-state index is -0.911. The molecule has 1 aliphatic rings. The zero-order chi connectivity index (χ0) is 22.7. The summed E-state index contributed by atoms with van der Waals surface area (Å²) in [6.45, 7) is 0.866. The number of furan rings is 1. The SMILES string of the molecule is COc1cc(C2C(C(=O)c3ccco3)=C([O-])C(=O)N2CC[NH+](C)C)cc(OC)c1OC. The van der Waals surface area contributed by atoms with Crippen LogP contribution in [0, 0.1) is 0 Å². The predicted molar refractivity (Wildman–Crippen MR) is 108 cm³/mol. The number of likely N-dealkylation sites (N-methyl/N-ethyl adjacent to an activating group) is 1. The van der Waals surface area contributed by atoms with Crippen LogP contribution < -0.4 is 24.2 Å². The molecule has 3 rings (SSSR count). The van der Waals surface area contributed by atoms with E-state index >= 15 is 0 Å². The Labute approximate surface area is 180 Å². The van der Waals surface area contributed by atoms with Crippen LogP contribution in [0.3, 0.4) is 0 Å². The Balaban J connectivity index is 2.17. The van der Waals surface area contributed by atoms with E-state index in [4.69, 9.17) is 18.6 Å². The molecule has 0 spiro atoms. The lowest BCUT2D eigenvalue weighted by molar-refractivity contribution is -0.857. The Hall–Kier alpha value is -3.46. The molecule has 0 saturated heterocycles. The van der Waals surface area contributed by atoms with Crippen LogP contribution >= 0.6 is 0 Å². The van der Waals surface area contributed by atoms with Gasteiger partial charge in [0.25, 0.3) is 0 Å². The lowest BCUT2D eigenvalue weighted by Crippen LogP contribution is -3.06. The third kappa shape index (κ3) is 4.09. The fourth-order valence-electron chi connectivity index (χ4n) is 3.59. The third-order valence-corrected chi connectivity index (χ3v) is 5.13. The number of carbonyl (C=O) groups is 2. The number of Topliss-reactive ketones (excluding diaryl/α,β-unsaturated/α-hetero) is 1. The van der Waals surface area contributed by atoms with E-state index in [9.17, 15) is 14.7 Å². The highest BCUT2D eigenvalue weighted by molar-refractivity contribution is 6.14. The number of ether oxygens (including phenoxy) is 3. The number of rotatable bonds is 9. The monoisotopic (exact) mass is 430 g/mol. The van der Waals surface area contributed by atoms with E-state index in [0.717, 1.165) is 4.90 Å². The first kappa shape index (κ1) is 22.2. The summed E-state index contributed by atoms with van der Waals surface area (Å²) in [4.78, 5) is 28.5. The second-order valence-corrected chi connectivity index (χ2v) is 7.37. The van der Waals surface area contributed by atoms with Crippen LogP contribution in [-0.4, -0.2) is 65.1 Å². The van der Waals surface area contributed by atoms with Gasteiger partial charge in [-0.15, -0.1) is 0 Å². The van der Waals surface area contributed by atoms with Crippen molar-refractivity contribution in [1.29, 1.82) is 0 Å². The van der Waals surface area contributed by atoms with Gasteiger partial charge in [0.2, 0.25) is 17.4 Å². The van der Waals surface area contributed by atoms with E-state index < -0.39 is 23.5 Å². The van der Waals surface area contributed by atoms with Crippen LogP contribution in [0.1, 0.15) is 22.2 Å². The standard InChI is InChI=1S/C22H26N2O7/c1-23(2)8-9-24-18(13-11-15(28-3)21(30-5)16(12-13)29-4)17(20(26)22(24)27)19(25)14-7-6-10-31-14/h6-7,10-12,18,26H,8-9H2,1-5H3. The molecular weight excluding hydrogens is 404 g/mol. The number of hydrogen-bond donors (Lipinski definition) is 1. The van der Waals surface area contributed by atoms with Crippen molar-refractivity contribution in [3.05, 3.63) is 53.2 Å². The van der Waals surface area contributed by atoms with Crippen molar-refractivity contribution in [2.24, 2.45) is 0 Å². The Bertz CT molecular complexity index is 970. The van der Waals surface area contributed by atoms with Crippen molar-refractivity contribution in [3.8, 4) is 17.2 Å². The molecule has 1 aromatic carbocycles. The molecule has 9 heteroatoms. The average Bonchev–Trinajstić information content (AvgIpc) is 3.38. The molecule has 2 heterocycles. The lowest BCUT2D eigenvalue weighted by atomic mass is 9.94. The van der Waals surface area contributed by atoms with Crippen LogP contribution in [0.4, 0.5) is 0 Å². The molecule has 1 atom stereocenters. The highest BCUT2D eigenvalue weighted by Gasteiger charge is 2.41. The summed E-state index contributed by atoms with van der Waals surface area (Å²) >= 11 is 0. The smallest absolute Gasteiger partial charge is 0.240 e. The van der Waals surface area contributed by atoms with Gasteiger partial charge in [0.15, 0.2) is 17.3 Å². The number of quaternary nitrogens is 1. The van der Waals surface area contributed by atoms with Gasteiger partial charge in [-0.1, -0.05) is 0 Å². The van der Waals surface area contributed by atoms with Gasteiger partial charge >= 0.3 is 0 Å². The lowest BCUT2D eigenvalue weighted by Gasteiger charge is -2.28. The van der Waals surface area contributed by atoms with Gasteiger partial charge in [0, 0.05) is 5.57 Å². The molecule has 0 aliphatic carbocycles. The number of carbonyl (C=O) groups excluding carboxylic acids is 2. The van der Waals surface area contributed by atoms with E-state index in [2.05, 4.69) is 0 Å². The fraction of sp³-hybridized carbons (Fsp3) is 0.364. The second kappa shape index (κ2) is 9.13. The molecule has 1 aliphatic heterocycles. The van der Waals surface area contributed by atoms with Crippen molar-refractivity contribution in [2.75, 3.05) is 48.5 Å². The Morgan fingerprint density at radius 3 is 2.29 bits per heavy atom. The summed E-state index contributed by atoms with van der Waals surface area (Å²) in [5, 5.41) is 12.9. The van der Waals surface area contributed by atoms with Crippen molar-refractivity contribution in [1.82, 2.24) is 4.90 Å². The predicted octanol–water partition coefficient (Wildman–Crippen LogP) is -0.169. The molecule has 0 fully saturated rings. The van der Waals surface area contributed by atoms with E-state index in [1.807, 2.05) is 14.1 Å². The van der Waals surface area contributed by atoms with Gasteiger partial charge in [0.1, 0.15) is 0 Å². The molecular formula is C22H26N2O7. The molecule has 166 valence electrons. The van der Waals surface area contributed by atoms with Gasteiger partial charge < -0.3 is 33.5 Å². The van der Waals surface area contributed by atoms with Crippen LogP contribution in [0.25, 0.3) is 0 Å². The van der Waals surface area contributed by atoms with E-state index in [0.29, 0.717) is 29.4 Å². The zero-order valence-corrected chi connectivity index (χ0v) is 18.2. The van der Waals surface area contributed by atoms with Crippen LogP contribution in [0.5, 0.6) is 17.2 Å². The fourth-order valence-corrected chi connectivity index (χ4v) is 3.59. The molecule has 31 heavy (non-hydrogen) atoms. The van der Waals surface area contributed by atoms with E-state index in [1.54, 1.807) is 18.2 Å². The Morgan fingerprint density at radius 1 is 1.16 bits per heavy atom. The highest BCUT2D eigenvalue weighted by atomic mass is 16.5. The van der Waals surface area contributed by atoms with Crippen molar-refractivity contribution >= 4 is 11.7 Å². The third-order valence-electron chi connectivity index (χ3n) is 5.13. The number of amides is 1. The average molecular weight is 430 g/mol. The number of nitrogens with zero attached hydrogens (tertiary/aromatic N) is 1. The highest BCUT2D eigenvalue weighted by Crippen LogP contribution is 2.45. The molecule has 0 radical (unpaired) electrons. The minimum absolute atomic E-state index is 0.00586. The van der Waals surface area contributed by atoms with Crippen molar-refractivity contribution in [2.45, 2.75) is 6.04 Å². The minimum Gasteiger partial charge on any atom is -0.868 e. The molecule has 1 unspecified atom stereocenters. The van der Waals surface area contributed by atoms with E-state index in [-0.39, 0.29) is 17.9 Å². The molecule has 0 bridgehead atoms. The quantitative estimate of drug-likeness (QED) is 0.551. The number of methoxy groups -OCH3 is 3. The summed E-state index contributed by atoms with van der Waals surface area (Å²) in [5.41, 5.74) is 0.334. The van der Waals surface area contributed by atoms with Gasteiger partial charge in [-0.05, 0) is 35.6 Å². The maximum atomic E-state index is 13.1. The first-order valence-electron chi connectivity index (χ1n) is 9.73. The zero-order valence-electron chi connectivity index (χ0n) is 18.2. The maximum absolute atomic E-state index is 13.1. The van der Waals surface area contributed by atoms with Gasteiger partial charge in [-0.3, -0.25) is 9.59 Å². The summed E-state index contributed by atoms with van der Waals surface area (Å²) in [7, 11) is 8.30. The Kier molecular flexibility index (Phi) is 6.55. The van der Waals surface area contributed by atoms with Crippen LogP contribution in [-0.2, 0) is 4.79 Å². The molecule has 1 N–H and O–H groups in total. The molecule has 1 amide bonds. The molecule has 0 saturated carbocycles. The normalized spacial score (nSPS) is 16.3.